The molecule has 1 aliphatic rings. The van der Waals surface area contributed by atoms with Crippen LogP contribution in [0.2, 0.25) is 0 Å². The number of fused-ring (bicyclic) bond motifs is 2. The highest BCUT2D eigenvalue weighted by Gasteiger charge is 2.28. The molecule has 0 amide bonds. The lowest BCUT2D eigenvalue weighted by Gasteiger charge is -2.19. The molecule has 0 bridgehead atoms. The Kier molecular flexibility index (Phi) is 10.0. The summed E-state index contributed by atoms with van der Waals surface area (Å²) < 4.78 is 83.1. The molecule has 1 aromatic heterocycles. The first kappa shape index (κ1) is 34.1. The van der Waals surface area contributed by atoms with Gasteiger partial charge in [-0.1, -0.05) is 73.7 Å². The fourth-order valence-corrected chi connectivity index (χ4v) is 6.83. The summed E-state index contributed by atoms with van der Waals surface area (Å²) in [6.07, 6.45) is 4.46. The van der Waals surface area contributed by atoms with E-state index in [0.29, 0.717) is 29.5 Å². The van der Waals surface area contributed by atoms with Crippen molar-refractivity contribution < 1.29 is 39.7 Å². The van der Waals surface area contributed by atoms with Crippen LogP contribution in [0.4, 0.5) is 5.69 Å². The normalized spacial score (nSPS) is 14.4. The molecule has 0 saturated heterocycles. The third-order valence-electron chi connectivity index (χ3n) is 8.25. The molecule has 10 nitrogen and oxygen atoms in total. The van der Waals surface area contributed by atoms with Gasteiger partial charge in [-0.3, -0.25) is 0 Å². The van der Waals surface area contributed by atoms with E-state index < -0.39 is 31.7 Å². The lowest BCUT2D eigenvalue weighted by Crippen LogP contribution is -2.36. The maximum Gasteiger partial charge on any atom is 0.374 e. The molecule has 2 heterocycles. The van der Waals surface area contributed by atoms with Gasteiger partial charge in [0.15, 0.2) is 12.3 Å². The number of rotatable bonds is 13. The van der Waals surface area contributed by atoms with Gasteiger partial charge in [-0.25, -0.2) is 16.8 Å². The van der Waals surface area contributed by atoms with E-state index in [1.54, 1.807) is 0 Å². The van der Waals surface area contributed by atoms with Gasteiger partial charge in [0, 0.05) is 36.6 Å². The second-order valence-electron chi connectivity index (χ2n) is 11.7. The molecule has 49 heavy (non-hydrogen) atoms. The van der Waals surface area contributed by atoms with Gasteiger partial charge in [0.05, 0.1) is 32.0 Å². The van der Waals surface area contributed by atoms with Crippen molar-refractivity contribution in [3.8, 4) is 28.0 Å². The van der Waals surface area contributed by atoms with Gasteiger partial charge in [-0.05, 0) is 64.9 Å². The molecule has 254 valence electrons. The molecule has 12 heteroatoms. The standard InChI is InChI=1S/C37H36N2O8S2/c1-2-27(23-36-38(19-9-21-48(40,41)42)32-17-15-31(26-35(32)47-36)29-13-7-4-8-14-29)24-37-39(20-10-22-49(43,44)45)33-25-30(16-18-34(33)46-37)28-11-5-3-6-12-28/h3-8,11-18,23-26H,2,9-10,19-22H2,1H3,(H-,40,41,42,43,44,45)/p-1. The maximum atomic E-state index is 11.4. The van der Waals surface area contributed by atoms with E-state index in [2.05, 4.69) is 0 Å². The van der Waals surface area contributed by atoms with Crippen molar-refractivity contribution in [2.24, 2.45) is 0 Å². The Bertz CT molecular complexity index is 2250. The number of ether oxygens (including phenoxy) is 1. The zero-order valence-corrected chi connectivity index (χ0v) is 28.5. The van der Waals surface area contributed by atoms with Crippen LogP contribution in [0.5, 0.6) is 5.75 Å². The minimum absolute atomic E-state index is 0.0999. The van der Waals surface area contributed by atoms with E-state index in [-0.39, 0.29) is 25.9 Å². The monoisotopic (exact) mass is 699 g/mol. The van der Waals surface area contributed by atoms with Crippen molar-refractivity contribution in [2.75, 3.05) is 23.0 Å². The van der Waals surface area contributed by atoms with Crippen molar-refractivity contribution in [1.82, 2.24) is 0 Å². The first-order valence-corrected chi connectivity index (χ1v) is 19.1. The number of hydrogen-bond acceptors (Lipinski definition) is 9. The first-order chi connectivity index (χ1) is 23.5. The number of oxazole rings is 1. The molecule has 4 aromatic carbocycles. The van der Waals surface area contributed by atoms with Crippen molar-refractivity contribution >= 4 is 43.1 Å². The minimum Gasteiger partial charge on any atom is -0.748 e. The first-order valence-electron chi connectivity index (χ1n) is 15.9. The number of anilines is 1. The summed E-state index contributed by atoms with van der Waals surface area (Å²) in [5, 5.41) is 0. The second kappa shape index (κ2) is 14.4. The van der Waals surface area contributed by atoms with Crippen LogP contribution in [0, 0.1) is 0 Å². The highest BCUT2D eigenvalue weighted by molar-refractivity contribution is 7.85. The summed E-state index contributed by atoms with van der Waals surface area (Å²) in [6, 6.07) is 31.3. The molecule has 6 rings (SSSR count). The van der Waals surface area contributed by atoms with E-state index in [4.69, 9.17) is 9.15 Å². The lowest BCUT2D eigenvalue weighted by atomic mass is 10.0. The number of benzene rings is 4. The molecular formula is C37H35N2O8S2-. The molecular weight excluding hydrogens is 665 g/mol. The highest BCUT2D eigenvalue weighted by atomic mass is 32.2. The van der Waals surface area contributed by atoms with E-state index in [1.165, 1.54) is 0 Å². The predicted octanol–water partition coefficient (Wildman–Crippen LogP) is 6.46. The van der Waals surface area contributed by atoms with E-state index >= 15 is 0 Å². The largest absolute Gasteiger partial charge is 0.748 e. The van der Waals surface area contributed by atoms with Gasteiger partial charge < -0.3 is 23.2 Å². The number of aryl methyl sites for hydroxylation is 1. The number of allylic oxidation sites excluding steroid dienone is 2. The van der Waals surface area contributed by atoms with Gasteiger partial charge in [0.25, 0.3) is 5.52 Å². The molecule has 0 spiro atoms. The van der Waals surface area contributed by atoms with Crippen LogP contribution in [0.3, 0.4) is 0 Å². The summed E-state index contributed by atoms with van der Waals surface area (Å²) >= 11 is 0. The summed E-state index contributed by atoms with van der Waals surface area (Å²) in [5.74, 6) is 0.501. The molecule has 0 fully saturated rings. The predicted molar refractivity (Wildman–Crippen MR) is 186 cm³/mol. The lowest BCUT2D eigenvalue weighted by molar-refractivity contribution is -0.677. The third-order valence-corrected chi connectivity index (χ3v) is 9.83. The van der Waals surface area contributed by atoms with Crippen LogP contribution < -0.4 is 14.2 Å². The van der Waals surface area contributed by atoms with Crippen LogP contribution in [-0.2, 0) is 26.8 Å². The Morgan fingerprint density at radius 2 is 1.39 bits per heavy atom. The SMILES string of the molecule is CCC(/C=C1\Oc2ccc(-c3ccccc3)cc2N1CCCS(=O)(=O)[O-])=C\c1oc2cc(-c3ccccc3)ccc2[n+]1CCCS(=O)(=O)[O-]. The number of nitrogens with zero attached hydrogens (tertiary/aromatic N) is 2. The van der Waals surface area contributed by atoms with Gasteiger partial charge in [0.1, 0.15) is 0 Å². The zero-order chi connectivity index (χ0) is 34.6. The summed E-state index contributed by atoms with van der Waals surface area (Å²) in [7, 11) is -8.80. The van der Waals surface area contributed by atoms with Gasteiger partial charge in [0.2, 0.25) is 11.5 Å². The summed E-state index contributed by atoms with van der Waals surface area (Å²) in [4.78, 5) is 1.87. The Hall–Kier alpha value is -4.75. The molecule has 0 N–H and O–H groups in total. The van der Waals surface area contributed by atoms with Gasteiger partial charge in [-0.2, -0.15) is 4.57 Å². The molecule has 5 aromatic rings. The Balaban J connectivity index is 1.39. The van der Waals surface area contributed by atoms with E-state index in [1.807, 2.05) is 126 Å². The molecule has 0 atom stereocenters. The van der Waals surface area contributed by atoms with E-state index in [0.717, 1.165) is 39.0 Å². The molecule has 0 saturated carbocycles. The molecule has 1 aliphatic heterocycles. The van der Waals surface area contributed by atoms with Crippen LogP contribution in [0.25, 0.3) is 39.4 Å². The Morgan fingerprint density at radius 3 is 2.02 bits per heavy atom. The van der Waals surface area contributed by atoms with E-state index in [9.17, 15) is 25.9 Å². The highest BCUT2D eigenvalue weighted by Crippen LogP contribution is 2.42. The van der Waals surface area contributed by atoms with Crippen molar-refractivity contribution in [1.29, 1.82) is 0 Å². The average molecular weight is 700 g/mol. The molecule has 0 radical (unpaired) electrons. The fourth-order valence-electron chi connectivity index (χ4n) is 5.86. The van der Waals surface area contributed by atoms with Crippen molar-refractivity contribution in [3.63, 3.8) is 0 Å². The van der Waals surface area contributed by atoms with Crippen molar-refractivity contribution in [2.45, 2.75) is 32.7 Å². The van der Waals surface area contributed by atoms with Crippen LogP contribution in [-0.4, -0.2) is 44.0 Å². The third kappa shape index (κ3) is 8.46. The van der Waals surface area contributed by atoms with Crippen LogP contribution in [0.1, 0.15) is 32.1 Å². The summed E-state index contributed by atoms with van der Waals surface area (Å²) in [5.41, 5.74) is 6.82. The quantitative estimate of drug-likeness (QED) is 0.0999. The fraction of sp³-hybridized carbons (Fsp3) is 0.216. The maximum absolute atomic E-state index is 11.4. The number of hydrogen-bond donors (Lipinski definition) is 0. The van der Waals surface area contributed by atoms with Gasteiger partial charge >= 0.3 is 5.89 Å². The minimum atomic E-state index is -4.41. The van der Waals surface area contributed by atoms with Gasteiger partial charge in [-0.15, -0.1) is 0 Å². The van der Waals surface area contributed by atoms with Crippen LogP contribution >= 0.6 is 0 Å². The Morgan fingerprint density at radius 1 is 0.776 bits per heavy atom. The topological polar surface area (TPSA) is 144 Å². The smallest absolute Gasteiger partial charge is 0.374 e. The second-order valence-corrected chi connectivity index (χ2v) is 14.8. The molecule has 0 aliphatic carbocycles. The number of aromatic nitrogens is 1. The summed E-state index contributed by atoms with van der Waals surface area (Å²) in [6.45, 7) is 2.43. The zero-order valence-electron chi connectivity index (χ0n) is 26.8. The average Bonchev–Trinajstić information content (AvgIpc) is 3.60. The molecule has 0 unspecified atom stereocenters. The van der Waals surface area contributed by atoms with Crippen molar-refractivity contribution in [3.05, 3.63) is 120 Å². The van der Waals surface area contributed by atoms with Crippen LogP contribution in [0.15, 0.2) is 119 Å². The Labute approximate surface area is 286 Å².